The highest BCUT2D eigenvalue weighted by Gasteiger charge is 2.11. The van der Waals surface area contributed by atoms with Gasteiger partial charge in [0.25, 0.3) is 0 Å². The van der Waals surface area contributed by atoms with Crippen LogP contribution in [0.15, 0.2) is 53.1 Å². The third kappa shape index (κ3) is 3.19. The summed E-state index contributed by atoms with van der Waals surface area (Å²) in [5.74, 6) is 0.880. The van der Waals surface area contributed by atoms with Crippen molar-refractivity contribution >= 4 is 0 Å². The van der Waals surface area contributed by atoms with E-state index in [1.807, 2.05) is 49.4 Å². The Morgan fingerprint density at radius 2 is 1.94 bits per heavy atom. The Labute approximate surface area is 101 Å². The molecule has 0 bridgehead atoms. The fraction of sp³-hybridized carbons (Fsp3) is 0.286. The number of aliphatic hydroxyl groups is 1. The molecule has 3 nitrogen and oxygen atoms in total. The molecule has 0 amide bonds. The van der Waals surface area contributed by atoms with Crippen LogP contribution in [0.25, 0.3) is 0 Å². The van der Waals surface area contributed by atoms with Gasteiger partial charge in [-0.2, -0.15) is 0 Å². The average molecular weight is 231 g/mol. The minimum Gasteiger partial charge on any atom is -0.468 e. The van der Waals surface area contributed by atoms with E-state index in [9.17, 15) is 5.11 Å². The second-order valence-electron chi connectivity index (χ2n) is 4.07. The molecule has 0 aliphatic rings. The van der Waals surface area contributed by atoms with Crippen molar-refractivity contribution in [2.45, 2.75) is 19.1 Å². The van der Waals surface area contributed by atoms with Crippen molar-refractivity contribution in [2.75, 3.05) is 6.54 Å². The minimum absolute atomic E-state index is 0.100. The van der Waals surface area contributed by atoms with Crippen molar-refractivity contribution < 1.29 is 9.52 Å². The molecule has 17 heavy (non-hydrogen) atoms. The maximum absolute atomic E-state index is 9.97. The van der Waals surface area contributed by atoms with Gasteiger partial charge < -0.3 is 14.8 Å². The lowest BCUT2D eigenvalue weighted by atomic mass is 10.1. The lowest BCUT2D eigenvalue weighted by Crippen LogP contribution is -2.24. The minimum atomic E-state index is -0.492. The summed E-state index contributed by atoms with van der Waals surface area (Å²) in [7, 11) is 0. The van der Waals surface area contributed by atoms with Gasteiger partial charge in [-0.05, 0) is 24.6 Å². The molecule has 2 unspecified atom stereocenters. The Hall–Kier alpha value is -1.58. The van der Waals surface area contributed by atoms with E-state index in [4.69, 9.17) is 4.42 Å². The largest absolute Gasteiger partial charge is 0.468 e. The topological polar surface area (TPSA) is 45.4 Å². The zero-order valence-corrected chi connectivity index (χ0v) is 9.84. The third-order valence-corrected chi connectivity index (χ3v) is 2.77. The Balaban J connectivity index is 1.86. The molecular weight excluding hydrogens is 214 g/mol. The van der Waals surface area contributed by atoms with Crippen molar-refractivity contribution in [2.24, 2.45) is 0 Å². The van der Waals surface area contributed by atoms with Gasteiger partial charge >= 0.3 is 0 Å². The SMILES string of the molecule is CC(NCC(O)c1ccccc1)c1ccco1. The molecule has 1 aromatic heterocycles. The standard InChI is InChI=1S/C14H17NO2/c1-11(14-8-5-9-17-14)15-10-13(16)12-6-3-2-4-7-12/h2-9,11,13,15-16H,10H2,1H3. The van der Waals surface area contributed by atoms with Gasteiger partial charge in [0.2, 0.25) is 0 Å². The third-order valence-electron chi connectivity index (χ3n) is 2.77. The van der Waals surface area contributed by atoms with Gasteiger partial charge in [-0.25, -0.2) is 0 Å². The maximum Gasteiger partial charge on any atom is 0.120 e. The van der Waals surface area contributed by atoms with Gasteiger partial charge in [-0.3, -0.25) is 0 Å². The summed E-state index contributed by atoms with van der Waals surface area (Å²) in [5, 5.41) is 13.2. The first-order valence-electron chi connectivity index (χ1n) is 5.77. The van der Waals surface area contributed by atoms with Gasteiger partial charge in [0.1, 0.15) is 5.76 Å². The molecule has 2 aromatic rings. The molecule has 0 spiro atoms. The van der Waals surface area contributed by atoms with Gasteiger partial charge in [-0.15, -0.1) is 0 Å². The number of aliphatic hydroxyl groups excluding tert-OH is 1. The molecule has 0 aliphatic heterocycles. The highest BCUT2D eigenvalue weighted by Crippen LogP contribution is 2.15. The van der Waals surface area contributed by atoms with Crippen LogP contribution in [0.2, 0.25) is 0 Å². The summed E-state index contributed by atoms with van der Waals surface area (Å²) < 4.78 is 5.29. The first-order chi connectivity index (χ1) is 8.27. The second kappa shape index (κ2) is 5.66. The molecule has 2 N–H and O–H groups in total. The number of benzene rings is 1. The molecule has 0 saturated heterocycles. The summed E-state index contributed by atoms with van der Waals surface area (Å²) >= 11 is 0. The quantitative estimate of drug-likeness (QED) is 0.831. The first-order valence-corrected chi connectivity index (χ1v) is 5.77. The Bertz CT molecular complexity index is 425. The fourth-order valence-corrected chi connectivity index (χ4v) is 1.72. The van der Waals surface area contributed by atoms with Crippen LogP contribution in [-0.2, 0) is 0 Å². The molecule has 90 valence electrons. The fourth-order valence-electron chi connectivity index (χ4n) is 1.72. The summed E-state index contributed by atoms with van der Waals surface area (Å²) in [4.78, 5) is 0. The van der Waals surface area contributed by atoms with Gasteiger partial charge in [0.05, 0.1) is 18.4 Å². The van der Waals surface area contributed by atoms with Crippen LogP contribution >= 0.6 is 0 Å². The van der Waals surface area contributed by atoms with Crippen LogP contribution in [0, 0.1) is 0 Å². The Morgan fingerprint density at radius 3 is 2.59 bits per heavy atom. The van der Waals surface area contributed by atoms with Crippen molar-refractivity contribution in [3.05, 3.63) is 60.1 Å². The van der Waals surface area contributed by atoms with Crippen molar-refractivity contribution in [1.82, 2.24) is 5.32 Å². The molecule has 2 rings (SSSR count). The Kier molecular flexibility index (Phi) is 3.96. The smallest absolute Gasteiger partial charge is 0.120 e. The maximum atomic E-state index is 9.97. The van der Waals surface area contributed by atoms with Crippen LogP contribution in [0.5, 0.6) is 0 Å². The molecule has 2 atom stereocenters. The second-order valence-corrected chi connectivity index (χ2v) is 4.07. The Morgan fingerprint density at radius 1 is 1.18 bits per heavy atom. The summed E-state index contributed by atoms with van der Waals surface area (Å²) in [5.41, 5.74) is 0.923. The monoisotopic (exact) mass is 231 g/mol. The van der Waals surface area contributed by atoms with E-state index < -0.39 is 6.10 Å². The zero-order chi connectivity index (χ0) is 12.1. The predicted octanol–water partition coefficient (Wildman–Crippen LogP) is 2.66. The average Bonchev–Trinajstić information content (AvgIpc) is 2.90. The predicted molar refractivity (Wildman–Crippen MR) is 66.5 cm³/mol. The van der Waals surface area contributed by atoms with E-state index in [2.05, 4.69) is 5.32 Å². The molecule has 3 heteroatoms. The molecule has 0 fully saturated rings. The molecule has 1 heterocycles. The lowest BCUT2D eigenvalue weighted by Gasteiger charge is -2.15. The van der Waals surface area contributed by atoms with Crippen LogP contribution < -0.4 is 5.32 Å². The van der Waals surface area contributed by atoms with Gasteiger partial charge in [0.15, 0.2) is 0 Å². The number of furan rings is 1. The number of nitrogens with one attached hydrogen (secondary N) is 1. The summed E-state index contributed by atoms with van der Waals surface area (Å²) in [6.45, 7) is 2.52. The molecule has 0 saturated carbocycles. The highest BCUT2D eigenvalue weighted by molar-refractivity contribution is 5.17. The van der Waals surface area contributed by atoms with E-state index in [1.165, 1.54) is 0 Å². The number of hydrogen-bond acceptors (Lipinski definition) is 3. The van der Waals surface area contributed by atoms with E-state index in [0.29, 0.717) is 6.54 Å². The van der Waals surface area contributed by atoms with Crippen molar-refractivity contribution in [3.8, 4) is 0 Å². The van der Waals surface area contributed by atoms with Crippen LogP contribution in [0.4, 0.5) is 0 Å². The van der Waals surface area contributed by atoms with Crippen LogP contribution in [-0.4, -0.2) is 11.7 Å². The molecule has 0 aliphatic carbocycles. The summed E-state index contributed by atoms with van der Waals surface area (Å²) in [6.07, 6.45) is 1.16. The van der Waals surface area contributed by atoms with E-state index in [-0.39, 0.29) is 6.04 Å². The van der Waals surface area contributed by atoms with E-state index in [0.717, 1.165) is 11.3 Å². The first kappa shape index (κ1) is 11.9. The van der Waals surface area contributed by atoms with Crippen LogP contribution in [0.3, 0.4) is 0 Å². The zero-order valence-electron chi connectivity index (χ0n) is 9.84. The van der Waals surface area contributed by atoms with Gasteiger partial charge in [-0.1, -0.05) is 30.3 Å². The lowest BCUT2D eigenvalue weighted by molar-refractivity contribution is 0.169. The molecule has 1 aromatic carbocycles. The molecular formula is C14H17NO2. The van der Waals surface area contributed by atoms with Crippen molar-refractivity contribution in [1.29, 1.82) is 0 Å². The van der Waals surface area contributed by atoms with Crippen molar-refractivity contribution in [3.63, 3.8) is 0 Å². The normalized spacial score (nSPS) is 14.5. The number of hydrogen-bond donors (Lipinski definition) is 2. The van der Waals surface area contributed by atoms with E-state index >= 15 is 0 Å². The highest BCUT2D eigenvalue weighted by atomic mass is 16.3. The van der Waals surface area contributed by atoms with E-state index in [1.54, 1.807) is 6.26 Å². The van der Waals surface area contributed by atoms with Gasteiger partial charge in [0, 0.05) is 6.54 Å². The summed E-state index contributed by atoms with van der Waals surface area (Å²) in [6, 6.07) is 13.5. The molecule has 0 radical (unpaired) electrons. The van der Waals surface area contributed by atoms with Crippen LogP contribution in [0.1, 0.15) is 30.4 Å². The number of rotatable bonds is 5.